The Hall–Kier alpha value is -2.73. The molecule has 0 saturated heterocycles. The van der Waals surface area contributed by atoms with Gasteiger partial charge < -0.3 is 10.2 Å². The van der Waals surface area contributed by atoms with Crippen molar-refractivity contribution >= 4 is 29.5 Å². The molecule has 7 heteroatoms. The molecule has 0 fully saturated rings. The first-order valence-electron chi connectivity index (χ1n) is 10.5. The summed E-state index contributed by atoms with van der Waals surface area (Å²) in [7, 11) is 0. The van der Waals surface area contributed by atoms with E-state index in [2.05, 4.69) is 5.32 Å². The van der Waals surface area contributed by atoms with E-state index in [4.69, 9.17) is 11.6 Å². The van der Waals surface area contributed by atoms with E-state index in [1.165, 1.54) is 4.90 Å². The molecule has 1 aliphatic rings. The molecule has 3 rings (SSSR count). The number of nitrogens with one attached hydrogen (secondary N) is 1. The van der Waals surface area contributed by atoms with Gasteiger partial charge in [-0.25, -0.2) is 4.79 Å². The van der Waals surface area contributed by atoms with E-state index in [1.54, 1.807) is 6.07 Å². The van der Waals surface area contributed by atoms with Crippen LogP contribution in [0.15, 0.2) is 42.5 Å². The number of benzene rings is 2. The molecule has 1 heterocycles. The number of halogens is 2. The first-order chi connectivity index (χ1) is 14.9. The highest BCUT2D eigenvalue weighted by molar-refractivity contribution is 6.30. The molecule has 2 aromatic rings. The Labute approximate surface area is 186 Å². The average Bonchev–Trinajstić information content (AvgIpc) is 2.98. The molecule has 0 aromatic heterocycles. The molecule has 31 heavy (non-hydrogen) atoms. The van der Waals surface area contributed by atoms with Gasteiger partial charge in [0.05, 0.1) is 0 Å². The van der Waals surface area contributed by atoms with Crippen molar-refractivity contribution in [1.82, 2.24) is 10.2 Å². The van der Waals surface area contributed by atoms with Crippen molar-refractivity contribution in [1.29, 1.82) is 0 Å². The normalized spacial score (nSPS) is 13.3. The molecule has 164 valence electrons. The third-order valence-corrected chi connectivity index (χ3v) is 5.79. The second kappa shape index (κ2) is 11.0. The van der Waals surface area contributed by atoms with Crippen LogP contribution in [0.25, 0.3) is 0 Å². The van der Waals surface area contributed by atoms with Gasteiger partial charge in [0.25, 0.3) is 0 Å². The van der Waals surface area contributed by atoms with E-state index in [9.17, 15) is 18.8 Å². The maximum Gasteiger partial charge on any atom is 0.400 e. The van der Waals surface area contributed by atoms with Crippen LogP contribution < -0.4 is 5.32 Å². The van der Waals surface area contributed by atoms with Gasteiger partial charge in [-0.05, 0) is 60.6 Å². The summed E-state index contributed by atoms with van der Waals surface area (Å²) >= 11 is 5.87. The lowest BCUT2D eigenvalue weighted by atomic mass is 9.97. The number of hydrogen-bond acceptors (Lipinski definition) is 3. The zero-order chi connectivity index (χ0) is 22.2. The van der Waals surface area contributed by atoms with Crippen LogP contribution in [0.2, 0.25) is 5.02 Å². The predicted octanol–water partition coefficient (Wildman–Crippen LogP) is 4.54. The van der Waals surface area contributed by atoms with Gasteiger partial charge in [-0.15, -0.1) is 4.39 Å². The molecule has 0 radical (unpaired) electrons. The average molecular weight is 445 g/mol. The summed E-state index contributed by atoms with van der Waals surface area (Å²) < 4.78 is 13.0. The standard InChI is InChI=1S/C24H26ClFN2O3/c25-21-7-3-17(4-8-21)2-1-13-27-23(30)10-9-22(29)20-6-5-18-11-14-28(24(26)31)15-12-19(18)16-20/h3-8,16H,1-2,9-15H2,(H,27,30). The summed E-state index contributed by atoms with van der Waals surface area (Å²) in [6, 6.07) is 13.1. The minimum Gasteiger partial charge on any atom is -0.356 e. The Morgan fingerprint density at radius 2 is 1.68 bits per heavy atom. The molecule has 0 saturated carbocycles. The maximum absolute atomic E-state index is 13.0. The zero-order valence-electron chi connectivity index (χ0n) is 17.3. The van der Waals surface area contributed by atoms with Gasteiger partial charge in [0.2, 0.25) is 5.91 Å². The summed E-state index contributed by atoms with van der Waals surface area (Å²) in [4.78, 5) is 36.7. The summed E-state index contributed by atoms with van der Waals surface area (Å²) in [5, 5.41) is 3.56. The zero-order valence-corrected chi connectivity index (χ0v) is 18.1. The smallest absolute Gasteiger partial charge is 0.356 e. The van der Waals surface area contributed by atoms with Crippen molar-refractivity contribution in [3.63, 3.8) is 0 Å². The fourth-order valence-corrected chi connectivity index (χ4v) is 3.83. The van der Waals surface area contributed by atoms with E-state index >= 15 is 0 Å². The molecule has 1 N–H and O–H groups in total. The SMILES string of the molecule is O=C(CCC(=O)c1ccc2c(c1)CCN(C(=O)F)CC2)NCCCc1ccc(Cl)cc1. The maximum atomic E-state index is 13.0. The van der Waals surface area contributed by atoms with Crippen molar-refractivity contribution in [2.75, 3.05) is 19.6 Å². The fourth-order valence-electron chi connectivity index (χ4n) is 3.71. The monoisotopic (exact) mass is 444 g/mol. The molecule has 0 atom stereocenters. The molecule has 2 aromatic carbocycles. The van der Waals surface area contributed by atoms with Gasteiger partial charge in [-0.3, -0.25) is 9.59 Å². The number of carbonyl (C=O) groups excluding carboxylic acids is 3. The minimum atomic E-state index is -1.41. The summed E-state index contributed by atoms with van der Waals surface area (Å²) in [5.41, 5.74) is 3.70. The van der Waals surface area contributed by atoms with E-state index in [0.717, 1.165) is 29.5 Å². The third kappa shape index (κ3) is 6.89. The number of nitrogens with zero attached hydrogens (tertiary/aromatic N) is 1. The first kappa shape index (κ1) is 22.9. The number of amides is 2. The number of fused-ring (bicyclic) bond motifs is 1. The highest BCUT2D eigenvalue weighted by atomic mass is 35.5. The van der Waals surface area contributed by atoms with Crippen LogP contribution in [0.4, 0.5) is 9.18 Å². The van der Waals surface area contributed by atoms with Crippen molar-refractivity contribution < 1.29 is 18.8 Å². The number of Topliss-reactive ketones (excluding diaryl/α,β-unsaturated/α-hetero) is 1. The highest BCUT2D eigenvalue weighted by Crippen LogP contribution is 2.19. The summed E-state index contributed by atoms with van der Waals surface area (Å²) in [6.45, 7) is 1.20. The molecular weight excluding hydrogens is 419 g/mol. The number of rotatable bonds is 8. The molecule has 1 aliphatic heterocycles. The summed E-state index contributed by atoms with van der Waals surface area (Å²) in [6.07, 6.45) is 1.60. The quantitative estimate of drug-likeness (QED) is 0.281. The Morgan fingerprint density at radius 3 is 2.39 bits per heavy atom. The van der Waals surface area contributed by atoms with Crippen LogP contribution >= 0.6 is 11.6 Å². The third-order valence-electron chi connectivity index (χ3n) is 5.54. The van der Waals surface area contributed by atoms with E-state index < -0.39 is 6.16 Å². The molecular formula is C24H26ClFN2O3. The second-order valence-electron chi connectivity index (χ2n) is 7.73. The lowest BCUT2D eigenvalue weighted by molar-refractivity contribution is -0.121. The second-order valence-corrected chi connectivity index (χ2v) is 8.16. The van der Waals surface area contributed by atoms with Crippen molar-refractivity contribution in [3.8, 4) is 0 Å². The van der Waals surface area contributed by atoms with Crippen molar-refractivity contribution in [3.05, 3.63) is 69.7 Å². The highest BCUT2D eigenvalue weighted by Gasteiger charge is 2.19. The van der Waals surface area contributed by atoms with Gasteiger partial charge in [-0.1, -0.05) is 35.9 Å². The largest absolute Gasteiger partial charge is 0.400 e. The van der Waals surface area contributed by atoms with Crippen LogP contribution in [0, 0.1) is 0 Å². The molecule has 5 nitrogen and oxygen atoms in total. The van der Waals surface area contributed by atoms with Crippen LogP contribution in [-0.2, 0) is 24.1 Å². The Morgan fingerprint density at radius 1 is 0.968 bits per heavy atom. The first-order valence-corrected chi connectivity index (χ1v) is 10.9. The topological polar surface area (TPSA) is 66.5 Å². The molecule has 0 unspecified atom stereocenters. The molecule has 0 aliphatic carbocycles. The van der Waals surface area contributed by atoms with Gasteiger partial charge in [-0.2, -0.15) is 0 Å². The van der Waals surface area contributed by atoms with Crippen molar-refractivity contribution in [2.24, 2.45) is 0 Å². The van der Waals surface area contributed by atoms with Gasteiger partial charge in [0, 0.05) is 43.1 Å². The van der Waals surface area contributed by atoms with Crippen LogP contribution in [0.5, 0.6) is 0 Å². The lowest BCUT2D eigenvalue weighted by Gasteiger charge is -2.14. The number of carbonyl (C=O) groups is 3. The number of aryl methyl sites for hydroxylation is 1. The van der Waals surface area contributed by atoms with E-state index in [1.807, 2.05) is 36.4 Å². The van der Waals surface area contributed by atoms with Crippen LogP contribution in [-0.4, -0.2) is 42.4 Å². The van der Waals surface area contributed by atoms with Crippen LogP contribution in [0.1, 0.15) is 46.3 Å². The fraction of sp³-hybridized carbons (Fsp3) is 0.375. The van der Waals surface area contributed by atoms with Gasteiger partial charge >= 0.3 is 6.16 Å². The predicted molar refractivity (Wildman–Crippen MR) is 118 cm³/mol. The lowest BCUT2D eigenvalue weighted by Crippen LogP contribution is -2.29. The summed E-state index contributed by atoms with van der Waals surface area (Å²) in [5.74, 6) is -0.238. The Balaban J connectivity index is 1.41. The Bertz CT molecular complexity index is 946. The number of hydrogen-bond donors (Lipinski definition) is 1. The molecule has 0 bridgehead atoms. The molecule has 2 amide bonds. The van der Waals surface area contributed by atoms with Gasteiger partial charge in [0.15, 0.2) is 5.78 Å². The number of ketones is 1. The molecule has 0 spiro atoms. The van der Waals surface area contributed by atoms with E-state index in [0.29, 0.717) is 43.1 Å². The van der Waals surface area contributed by atoms with E-state index in [-0.39, 0.29) is 24.5 Å². The van der Waals surface area contributed by atoms with Crippen molar-refractivity contribution in [2.45, 2.75) is 38.5 Å². The van der Waals surface area contributed by atoms with Crippen LogP contribution in [0.3, 0.4) is 0 Å². The van der Waals surface area contributed by atoms with Gasteiger partial charge in [0.1, 0.15) is 0 Å². The Kier molecular flexibility index (Phi) is 8.18. The minimum absolute atomic E-state index is 0.0956.